The summed E-state index contributed by atoms with van der Waals surface area (Å²) in [6.07, 6.45) is 1.74. The molecular formula is C14H20ClNO. The van der Waals surface area contributed by atoms with Crippen LogP contribution < -0.4 is 5.32 Å². The lowest BCUT2D eigenvalue weighted by molar-refractivity contribution is 0.0911. The second kappa shape index (κ2) is 6.06. The number of hydrogen-bond acceptors (Lipinski definition) is 1. The molecule has 0 atom stereocenters. The Morgan fingerprint density at radius 2 is 1.88 bits per heavy atom. The maximum absolute atomic E-state index is 12.0. The van der Waals surface area contributed by atoms with E-state index < -0.39 is 0 Å². The molecule has 0 unspecified atom stereocenters. The Bertz CT molecular complexity index is 370. The Morgan fingerprint density at radius 3 is 2.35 bits per heavy atom. The van der Waals surface area contributed by atoms with Gasteiger partial charge in [0.25, 0.3) is 5.91 Å². The molecule has 0 aromatic heterocycles. The van der Waals surface area contributed by atoms with E-state index in [0.29, 0.717) is 11.4 Å². The minimum Gasteiger partial charge on any atom is -0.347 e. The molecule has 3 heteroatoms. The summed E-state index contributed by atoms with van der Waals surface area (Å²) >= 11 is 5.70. The molecule has 0 aliphatic carbocycles. The summed E-state index contributed by atoms with van der Waals surface area (Å²) in [5.74, 6) is 0.505. The molecule has 1 rings (SSSR count). The van der Waals surface area contributed by atoms with Crippen molar-refractivity contribution < 1.29 is 4.79 Å². The molecule has 1 amide bonds. The summed E-state index contributed by atoms with van der Waals surface area (Å²) in [6, 6.07) is 7.71. The van der Waals surface area contributed by atoms with Crippen molar-refractivity contribution in [3.8, 4) is 0 Å². The topological polar surface area (TPSA) is 29.1 Å². The monoisotopic (exact) mass is 253 g/mol. The predicted molar refractivity (Wildman–Crippen MR) is 72.7 cm³/mol. The Balaban J connectivity index is 2.69. The van der Waals surface area contributed by atoms with Crippen LogP contribution in [0.1, 0.15) is 43.1 Å². The van der Waals surface area contributed by atoms with E-state index >= 15 is 0 Å². The van der Waals surface area contributed by atoms with Gasteiger partial charge in [-0.05, 0) is 44.4 Å². The van der Waals surface area contributed by atoms with E-state index in [1.807, 2.05) is 38.1 Å². The fourth-order valence-electron chi connectivity index (χ4n) is 1.57. The summed E-state index contributed by atoms with van der Waals surface area (Å²) in [6.45, 7) is 6.06. The van der Waals surface area contributed by atoms with Gasteiger partial charge in [-0.25, -0.2) is 0 Å². The van der Waals surface area contributed by atoms with Crippen LogP contribution in [0.3, 0.4) is 0 Å². The summed E-state index contributed by atoms with van der Waals surface area (Å²) in [7, 11) is 0. The third-order valence-corrected chi connectivity index (χ3v) is 2.98. The number of hydrogen-bond donors (Lipinski definition) is 1. The smallest absolute Gasteiger partial charge is 0.251 e. The van der Waals surface area contributed by atoms with Gasteiger partial charge in [0.05, 0.1) is 0 Å². The number of carbonyl (C=O) groups excluding carboxylic acids is 1. The number of alkyl halides is 1. The molecule has 1 N–H and O–H groups in total. The number of halogens is 1. The van der Waals surface area contributed by atoms with Gasteiger partial charge < -0.3 is 5.32 Å². The first-order valence-corrected chi connectivity index (χ1v) is 6.49. The van der Waals surface area contributed by atoms with Crippen molar-refractivity contribution in [1.29, 1.82) is 0 Å². The van der Waals surface area contributed by atoms with E-state index in [1.54, 1.807) is 0 Å². The molecule has 0 aliphatic rings. The number of nitrogens with one attached hydrogen (secondary N) is 1. The Morgan fingerprint density at radius 1 is 1.29 bits per heavy atom. The summed E-state index contributed by atoms with van der Waals surface area (Å²) in [5, 5.41) is 2.99. The first-order valence-electron chi connectivity index (χ1n) is 5.96. The standard InChI is InChI=1S/C14H20ClNO/c1-4-11-5-7-12(8-6-11)13(17)16-14(2,3)9-10-15/h5-8H,4,9-10H2,1-3H3,(H,16,17). The van der Waals surface area contributed by atoms with Gasteiger partial charge >= 0.3 is 0 Å². The molecule has 1 aromatic carbocycles. The minimum atomic E-state index is -0.262. The van der Waals surface area contributed by atoms with Gasteiger partial charge in [0.1, 0.15) is 0 Å². The Labute approximate surface area is 108 Å². The zero-order chi connectivity index (χ0) is 12.9. The SMILES string of the molecule is CCc1ccc(C(=O)NC(C)(C)CCCl)cc1. The molecule has 0 radical (unpaired) electrons. The van der Waals surface area contributed by atoms with Crippen LogP contribution in [0.2, 0.25) is 0 Å². The number of benzene rings is 1. The van der Waals surface area contributed by atoms with E-state index in [2.05, 4.69) is 12.2 Å². The van der Waals surface area contributed by atoms with Crippen molar-refractivity contribution in [2.24, 2.45) is 0 Å². The van der Waals surface area contributed by atoms with Crippen molar-refractivity contribution >= 4 is 17.5 Å². The van der Waals surface area contributed by atoms with Crippen LogP contribution in [0.5, 0.6) is 0 Å². The van der Waals surface area contributed by atoms with Crippen LogP contribution in [-0.2, 0) is 6.42 Å². The summed E-state index contributed by atoms with van der Waals surface area (Å²) in [4.78, 5) is 12.0. The lowest BCUT2D eigenvalue weighted by atomic mass is 10.0. The van der Waals surface area contributed by atoms with Crippen molar-refractivity contribution in [2.75, 3.05) is 5.88 Å². The largest absolute Gasteiger partial charge is 0.347 e. The van der Waals surface area contributed by atoms with E-state index in [1.165, 1.54) is 5.56 Å². The molecule has 0 heterocycles. The van der Waals surface area contributed by atoms with Crippen molar-refractivity contribution in [1.82, 2.24) is 5.32 Å². The van der Waals surface area contributed by atoms with E-state index in [4.69, 9.17) is 11.6 Å². The molecule has 0 fully saturated rings. The normalized spacial score (nSPS) is 11.3. The quantitative estimate of drug-likeness (QED) is 0.801. The van der Waals surface area contributed by atoms with Gasteiger partial charge in [-0.3, -0.25) is 4.79 Å². The summed E-state index contributed by atoms with van der Waals surface area (Å²) < 4.78 is 0. The van der Waals surface area contributed by atoms with Crippen molar-refractivity contribution in [2.45, 2.75) is 39.2 Å². The van der Waals surface area contributed by atoms with Gasteiger partial charge in [0, 0.05) is 17.0 Å². The van der Waals surface area contributed by atoms with Gasteiger partial charge in [0.15, 0.2) is 0 Å². The summed E-state index contributed by atoms with van der Waals surface area (Å²) in [5.41, 5.74) is 1.67. The zero-order valence-electron chi connectivity index (χ0n) is 10.7. The zero-order valence-corrected chi connectivity index (χ0v) is 11.5. The number of carbonyl (C=O) groups is 1. The highest BCUT2D eigenvalue weighted by Crippen LogP contribution is 2.12. The van der Waals surface area contributed by atoms with Gasteiger partial charge in [0.2, 0.25) is 0 Å². The lowest BCUT2D eigenvalue weighted by Gasteiger charge is -2.25. The maximum Gasteiger partial charge on any atom is 0.251 e. The second-order valence-corrected chi connectivity index (χ2v) is 5.21. The van der Waals surface area contributed by atoms with Crippen LogP contribution in [0.25, 0.3) is 0 Å². The first-order chi connectivity index (χ1) is 7.98. The Hall–Kier alpha value is -1.02. The van der Waals surface area contributed by atoms with Gasteiger partial charge in [-0.1, -0.05) is 19.1 Å². The van der Waals surface area contributed by atoms with Crippen LogP contribution in [0.4, 0.5) is 0 Å². The molecule has 0 saturated carbocycles. The highest BCUT2D eigenvalue weighted by atomic mass is 35.5. The highest BCUT2D eigenvalue weighted by Gasteiger charge is 2.20. The number of rotatable bonds is 5. The van der Waals surface area contributed by atoms with Crippen LogP contribution in [-0.4, -0.2) is 17.3 Å². The lowest BCUT2D eigenvalue weighted by Crippen LogP contribution is -2.43. The fraction of sp³-hybridized carbons (Fsp3) is 0.500. The average molecular weight is 254 g/mol. The molecule has 0 spiro atoms. The van der Waals surface area contributed by atoms with Crippen molar-refractivity contribution in [3.05, 3.63) is 35.4 Å². The van der Waals surface area contributed by atoms with Crippen LogP contribution in [0, 0.1) is 0 Å². The average Bonchev–Trinajstić information content (AvgIpc) is 2.28. The fourth-order valence-corrected chi connectivity index (χ4v) is 2.04. The first kappa shape index (κ1) is 14.0. The molecule has 0 saturated heterocycles. The molecular weight excluding hydrogens is 234 g/mol. The van der Waals surface area contributed by atoms with Gasteiger partial charge in [-0.2, -0.15) is 0 Å². The van der Waals surface area contributed by atoms with Crippen LogP contribution in [0.15, 0.2) is 24.3 Å². The highest BCUT2D eigenvalue weighted by molar-refractivity contribution is 6.17. The number of amides is 1. The molecule has 0 aliphatic heterocycles. The van der Waals surface area contributed by atoms with E-state index in [-0.39, 0.29) is 11.4 Å². The molecule has 17 heavy (non-hydrogen) atoms. The molecule has 2 nitrogen and oxygen atoms in total. The molecule has 1 aromatic rings. The molecule has 0 bridgehead atoms. The third-order valence-electron chi connectivity index (χ3n) is 2.80. The third kappa shape index (κ3) is 4.39. The molecule has 94 valence electrons. The Kier molecular flexibility index (Phi) is 5.01. The second-order valence-electron chi connectivity index (χ2n) is 4.83. The predicted octanol–water partition coefficient (Wildman–Crippen LogP) is 3.39. The number of aryl methyl sites for hydroxylation is 1. The van der Waals surface area contributed by atoms with Crippen molar-refractivity contribution in [3.63, 3.8) is 0 Å². The van der Waals surface area contributed by atoms with E-state index in [0.717, 1.165) is 12.8 Å². The van der Waals surface area contributed by atoms with Gasteiger partial charge in [-0.15, -0.1) is 11.6 Å². The minimum absolute atomic E-state index is 0.0391. The van der Waals surface area contributed by atoms with E-state index in [9.17, 15) is 4.79 Å². The maximum atomic E-state index is 12.0. The van der Waals surface area contributed by atoms with Crippen LogP contribution >= 0.6 is 11.6 Å².